The van der Waals surface area contributed by atoms with E-state index >= 15 is 0 Å². The minimum Gasteiger partial charge on any atom is -0.369 e. The summed E-state index contributed by atoms with van der Waals surface area (Å²) in [7, 11) is 0. The molecule has 1 rings (SSSR count). The van der Waals surface area contributed by atoms with Crippen LogP contribution in [0.3, 0.4) is 0 Å². The molecule has 0 aromatic carbocycles. The Labute approximate surface area is 87.2 Å². The molecule has 1 aliphatic carbocycles. The van der Waals surface area contributed by atoms with Crippen molar-refractivity contribution >= 4 is 5.91 Å². The van der Waals surface area contributed by atoms with Gasteiger partial charge in [-0.05, 0) is 25.2 Å². The van der Waals surface area contributed by atoms with Gasteiger partial charge in [0.05, 0.1) is 0 Å². The largest absolute Gasteiger partial charge is 0.369 e. The van der Waals surface area contributed by atoms with E-state index in [4.69, 9.17) is 5.73 Å². The zero-order valence-electron chi connectivity index (χ0n) is 9.51. The molecule has 1 amide bonds. The molecule has 0 bridgehead atoms. The number of carbonyl (C=O) groups excluding carboxylic acids is 1. The van der Waals surface area contributed by atoms with Gasteiger partial charge in [-0.3, -0.25) is 4.79 Å². The van der Waals surface area contributed by atoms with Crippen LogP contribution in [0.15, 0.2) is 0 Å². The van der Waals surface area contributed by atoms with Crippen LogP contribution in [-0.2, 0) is 4.79 Å². The van der Waals surface area contributed by atoms with Gasteiger partial charge in [-0.25, -0.2) is 0 Å². The lowest BCUT2D eigenvalue weighted by molar-refractivity contribution is -0.127. The monoisotopic (exact) mass is 197 g/mol. The first-order chi connectivity index (χ1) is 6.54. The number of amides is 1. The molecule has 14 heavy (non-hydrogen) atoms. The van der Waals surface area contributed by atoms with Crippen molar-refractivity contribution in [1.82, 2.24) is 0 Å². The van der Waals surface area contributed by atoms with Gasteiger partial charge in [0.15, 0.2) is 0 Å². The number of nitrogens with two attached hydrogens (primary N) is 1. The molecule has 2 heteroatoms. The van der Waals surface area contributed by atoms with E-state index in [-0.39, 0.29) is 11.3 Å². The fourth-order valence-corrected chi connectivity index (χ4v) is 2.27. The van der Waals surface area contributed by atoms with Gasteiger partial charge in [0.25, 0.3) is 0 Å². The predicted octanol–water partition coefficient (Wildman–Crippen LogP) is 2.86. The standard InChI is InChI=1S/C12H23NO/c1-10-6-4-3-5-8-12(2,9-7-10)11(13)14/h10H,3-9H2,1-2H3,(H2,13,14). The maximum atomic E-state index is 11.4. The number of rotatable bonds is 1. The molecule has 0 spiro atoms. The Hall–Kier alpha value is -0.530. The third-order valence-electron chi connectivity index (χ3n) is 3.71. The quantitative estimate of drug-likeness (QED) is 0.690. The van der Waals surface area contributed by atoms with E-state index in [0.29, 0.717) is 0 Å². The molecular formula is C12H23NO. The number of hydrogen-bond donors (Lipinski definition) is 1. The first-order valence-electron chi connectivity index (χ1n) is 5.84. The third-order valence-corrected chi connectivity index (χ3v) is 3.71. The van der Waals surface area contributed by atoms with Crippen molar-refractivity contribution in [1.29, 1.82) is 0 Å². The smallest absolute Gasteiger partial charge is 0.223 e. The van der Waals surface area contributed by atoms with Crippen LogP contribution in [0.2, 0.25) is 0 Å². The van der Waals surface area contributed by atoms with Crippen molar-refractivity contribution in [2.24, 2.45) is 17.1 Å². The summed E-state index contributed by atoms with van der Waals surface area (Å²) in [4.78, 5) is 11.4. The first-order valence-corrected chi connectivity index (χ1v) is 5.84. The van der Waals surface area contributed by atoms with Crippen molar-refractivity contribution < 1.29 is 4.79 Å². The normalized spacial score (nSPS) is 35.4. The van der Waals surface area contributed by atoms with Crippen molar-refractivity contribution in [2.45, 2.75) is 58.8 Å². The molecule has 0 heterocycles. The number of primary amides is 1. The molecule has 1 saturated carbocycles. The van der Waals surface area contributed by atoms with Gasteiger partial charge in [-0.15, -0.1) is 0 Å². The minimum absolute atomic E-state index is 0.105. The third kappa shape index (κ3) is 3.00. The number of hydrogen-bond acceptors (Lipinski definition) is 1. The molecule has 0 radical (unpaired) electrons. The van der Waals surface area contributed by atoms with Gasteiger partial charge in [-0.1, -0.05) is 39.5 Å². The maximum Gasteiger partial charge on any atom is 0.223 e. The molecule has 1 aliphatic rings. The summed E-state index contributed by atoms with van der Waals surface area (Å²) in [6.07, 6.45) is 8.15. The highest BCUT2D eigenvalue weighted by atomic mass is 16.1. The molecule has 2 N–H and O–H groups in total. The van der Waals surface area contributed by atoms with Crippen LogP contribution in [0.5, 0.6) is 0 Å². The van der Waals surface area contributed by atoms with E-state index < -0.39 is 0 Å². The molecule has 2 atom stereocenters. The Morgan fingerprint density at radius 1 is 1.21 bits per heavy atom. The van der Waals surface area contributed by atoms with Gasteiger partial charge < -0.3 is 5.73 Å². The second-order valence-electron chi connectivity index (χ2n) is 5.17. The second-order valence-corrected chi connectivity index (χ2v) is 5.17. The lowest BCUT2D eigenvalue weighted by Crippen LogP contribution is -2.34. The summed E-state index contributed by atoms with van der Waals surface area (Å²) in [6.45, 7) is 4.32. The van der Waals surface area contributed by atoms with Gasteiger partial charge in [0, 0.05) is 5.41 Å². The summed E-state index contributed by atoms with van der Waals surface area (Å²) < 4.78 is 0. The van der Waals surface area contributed by atoms with Crippen molar-refractivity contribution in [2.75, 3.05) is 0 Å². The lowest BCUT2D eigenvalue weighted by Gasteiger charge is -2.26. The predicted molar refractivity (Wildman–Crippen MR) is 58.8 cm³/mol. The fraction of sp³-hybridized carbons (Fsp3) is 0.917. The molecular weight excluding hydrogens is 174 g/mol. The highest BCUT2D eigenvalue weighted by Crippen LogP contribution is 2.34. The van der Waals surface area contributed by atoms with E-state index in [9.17, 15) is 4.79 Å². The summed E-state index contributed by atoms with van der Waals surface area (Å²) in [6, 6.07) is 0. The van der Waals surface area contributed by atoms with Crippen molar-refractivity contribution in [3.63, 3.8) is 0 Å². The first kappa shape index (κ1) is 11.5. The zero-order chi connectivity index (χ0) is 10.6. The molecule has 2 unspecified atom stereocenters. The van der Waals surface area contributed by atoms with Crippen LogP contribution in [0, 0.1) is 11.3 Å². The van der Waals surface area contributed by atoms with E-state index in [1.165, 1.54) is 19.3 Å². The van der Waals surface area contributed by atoms with Crippen LogP contribution in [0.25, 0.3) is 0 Å². The summed E-state index contributed by atoms with van der Waals surface area (Å²) in [5.74, 6) is 0.651. The van der Waals surface area contributed by atoms with Crippen LogP contribution >= 0.6 is 0 Å². The zero-order valence-corrected chi connectivity index (χ0v) is 9.51. The van der Waals surface area contributed by atoms with E-state index in [0.717, 1.165) is 31.6 Å². The summed E-state index contributed by atoms with van der Waals surface area (Å²) >= 11 is 0. The Balaban J connectivity index is 2.61. The molecule has 1 fully saturated rings. The van der Waals surface area contributed by atoms with Gasteiger partial charge in [0.2, 0.25) is 5.91 Å². The van der Waals surface area contributed by atoms with Crippen LogP contribution in [-0.4, -0.2) is 5.91 Å². The Morgan fingerprint density at radius 2 is 1.93 bits per heavy atom. The maximum absolute atomic E-state index is 11.4. The van der Waals surface area contributed by atoms with Crippen LogP contribution in [0.4, 0.5) is 0 Å². The fourth-order valence-electron chi connectivity index (χ4n) is 2.27. The Kier molecular flexibility index (Phi) is 3.97. The molecule has 0 aliphatic heterocycles. The molecule has 2 nitrogen and oxygen atoms in total. The van der Waals surface area contributed by atoms with E-state index in [1.807, 2.05) is 6.92 Å². The van der Waals surface area contributed by atoms with Crippen molar-refractivity contribution in [3.8, 4) is 0 Å². The van der Waals surface area contributed by atoms with Gasteiger partial charge in [0.1, 0.15) is 0 Å². The van der Waals surface area contributed by atoms with E-state index in [1.54, 1.807) is 0 Å². The molecule has 0 aromatic rings. The van der Waals surface area contributed by atoms with Gasteiger partial charge in [-0.2, -0.15) is 0 Å². The topological polar surface area (TPSA) is 43.1 Å². The molecule has 0 aromatic heterocycles. The summed E-state index contributed by atoms with van der Waals surface area (Å²) in [5, 5.41) is 0. The van der Waals surface area contributed by atoms with Gasteiger partial charge >= 0.3 is 0 Å². The highest BCUT2D eigenvalue weighted by molar-refractivity contribution is 5.80. The van der Waals surface area contributed by atoms with Crippen LogP contribution in [0.1, 0.15) is 58.8 Å². The molecule has 82 valence electrons. The highest BCUT2D eigenvalue weighted by Gasteiger charge is 2.31. The molecule has 0 saturated heterocycles. The number of carbonyl (C=O) groups is 1. The average Bonchev–Trinajstić information content (AvgIpc) is 2.20. The second kappa shape index (κ2) is 4.81. The summed E-state index contributed by atoms with van der Waals surface area (Å²) in [5.41, 5.74) is 5.24. The average molecular weight is 197 g/mol. The minimum atomic E-state index is -0.237. The Morgan fingerprint density at radius 3 is 2.57 bits per heavy atom. The van der Waals surface area contributed by atoms with Crippen molar-refractivity contribution in [3.05, 3.63) is 0 Å². The van der Waals surface area contributed by atoms with Crippen LogP contribution < -0.4 is 5.73 Å². The van der Waals surface area contributed by atoms with E-state index in [2.05, 4.69) is 6.92 Å². The Bertz CT molecular complexity index is 202. The lowest BCUT2D eigenvalue weighted by atomic mass is 9.79. The SMILES string of the molecule is CC1CCCCCC(C)(C(N)=O)CC1.